The molecule has 4 aliphatic rings. The molecule has 1 aromatic heterocycles. The van der Waals surface area contributed by atoms with Crippen LogP contribution in [0.3, 0.4) is 0 Å². The zero-order valence-corrected chi connectivity index (χ0v) is 26.7. The largest absolute Gasteiger partial charge is 0.340 e. The van der Waals surface area contributed by atoms with Gasteiger partial charge >= 0.3 is 0 Å². The first kappa shape index (κ1) is 29.8. The van der Waals surface area contributed by atoms with Gasteiger partial charge in [-0.15, -0.1) is 0 Å². The zero-order chi connectivity index (χ0) is 30.6. The molecule has 0 radical (unpaired) electrons. The third-order valence-electron chi connectivity index (χ3n) is 10.7. The number of benzene rings is 2. The summed E-state index contributed by atoms with van der Waals surface area (Å²) in [5, 5.41) is 7.85. The summed E-state index contributed by atoms with van der Waals surface area (Å²) in [5.74, 6) is 2.68. The second-order valence-electron chi connectivity index (χ2n) is 14.3. The number of hydrogen-bond acceptors (Lipinski definition) is 4. The Labute approximate surface area is 255 Å². The number of rotatable bonds is 5. The quantitative estimate of drug-likeness (QED) is 0.276. The lowest BCUT2D eigenvalue weighted by Gasteiger charge is -2.61. The zero-order valence-electron chi connectivity index (χ0n) is 26.7. The van der Waals surface area contributed by atoms with Gasteiger partial charge in [-0.25, -0.2) is 14.4 Å². The van der Waals surface area contributed by atoms with Crippen LogP contribution in [0.2, 0.25) is 0 Å². The van der Waals surface area contributed by atoms with Crippen molar-refractivity contribution in [3.63, 3.8) is 0 Å². The molecule has 2 N–H and O–H groups in total. The van der Waals surface area contributed by atoms with E-state index in [-0.39, 0.29) is 17.4 Å². The van der Waals surface area contributed by atoms with E-state index in [0.717, 1.165) is 48.6 Å². The minimum atomic E-state index is -0.238. The molecule has 3 aromatic rings. The topological polar surface area (TPSA) is 74.6 Å². The van der Waals surface area contributed by atoms with Crippen molar-refractivity contribution in [2.45, 2.75) is 91.9 Å². The predicted molar refractivity (Wildman–Crippen MR) is 173 cm³/mol. The van der Waals surface area contributed by atoms with Gasteiger partial charge in [0.05, 0.1) is 23.3 Å². The predicted octanol–water partition coefficient (Wildman–Crippen LogP) is 6.17. The summed E-state index contributed by atoms with van der Waals surface area (Å²) in [6.07, 6.45) is 4.48. The summed E-state index contributed by atoms with van der Waals surface area (Å²) in [6.45, 7) is 17.3. The highest BCUT2D eigenvalue weighted by atomic mass is 19.1. The molecule has 0 amide bonds. The monoisotopic (exact) mass is 586 g/mol. The molecule has 2 aromatic carbocycles. The van der Waals surface area contributed by atoms with Gasteiger partial charge in [0.2, 0.25) is 0 Å². The number of hydrogen-bond donors (Lipinski definition) is 2. The Balaban J connectivity index is 1.26. The molecule has 1 unspecified atom stereocenters. The minimum absolute atomic E-state index is 0.118. The summed E-state index contributed by atoms with van der Waals surface area (Å²) < 4.78 is 16.1. The summed E-state index contributed by atoms with van der Waals surface area (Å²) in [4.78, 5) is 26.0. The second kappa shape index (κ2) is 11.3. The van der Waals surface area contributed by atoms with E-state index in [1.165, 1.54) is 12.5 Å². The van der Waals surface area contributed by atoms with Gasteiger partial charge < -0.3 is 15.5 Å². The lowest BCUT2D eigenvalue weighted by Crippen LogP contribution is -2.59. The smallest absolute Gasteiger partial charge is 0.261 e. The summed E-state index contributed by atoms with van der Waals surface area (Å²) in [7, 11) is 0. The van der Waals surface area contributed by atoms with Crippen LogP contribution in [0.1, 0.15) is 71.6 Å². The van der Waals surface area contributed by atoms with Crippen molar-refractivity contribution < 1.29 is 4.39 Å². The van der Waals surface area contributed by atoms with Crippen molar-refractivity contribution in [3.8, 4) is 0 Å². The van der Waals surface area contributed by atoms with Crippen LogP contribution in [0, 0.1) is 35.9 Å². The highest BCUT2D eigenvalue weighted by Gasteiger charge is 2.56. The summed E-state index contributed by atoms with van der Waals surface area (Å²) in [5.41, 5.74) is 3.29. The maximum absolute atomic E-state index is 14.5. The van der Waals surface area contributed by atoms with Crippen LogP contribution in [0.5, 0.6) is 0 Å². The Morgan fingerprint density at radius 1 is 1.14 bits per heavy atom. The average Bonchev–Trinajstić information content (AvgIpc) is 2.94. The number of halogens is 1. The van der Waals surface area contributed by atoms with E-state index in [4.69, 9.17) is 4.99 Å². The van der Waals surface area contributed by atoms with Crippen LogP contribution < -0.4 is 16.2 Å². The summed E-state index contributed by atoms with van der Waals surface area (Å²) in [6, 6.07) is 11.8. The average molecular weight is 587 g/mol. The van der Waals surface area contributed by atoms with Gasteiger partial charge in [0.1, 0.15) is 5.82 Å². The first-order valence-corrected chi connectivity index (χ1v) is 16.0. The van der Waals surface area contributed by atoms with E-state index in [2.05, 4.69) is 55.1 Å². The molecule has 2 heterocycles. The molecule has 0 spiro atoms. The molecular weight excluding hydrogens is 539 g/mol. The normalized spacial score (nSPS) is 29.3. The third-order valence-corrected chi connectivity index (χ3v) is 10.7. The lowest BCUT2D eigenvalue weighted by molar-refractivity contribution is -0.108. The third kappa shape index (κ3) is 5.70. The van der Waals surface area contributed by atoms with Gasteiger partial charge in [0, 0.05) is 36.9 Å². The lowest BCUT2D eigenvalue weighted by atomic mass is 9.45. The fourth-order valence-corrected chi connectivity index (χ4v) is 8.03. The molecule has 2 bridgehead atoms. The highest BCUT2D eigenvalue weighted by Crippen LogP contribution is 2.61. The molecule has 8 heteroatoms. The van der Waals surface area contributed by atoms with Crippen molar-refractivity contribution in [2.75, 3.05) is 18.4 Å². The Kier molecular flexibility index (Phi) is 7.86. The number of anilines is 1. The van der Waals surface area contributed by atoms with Crippen LogP contribution in [0.15, 0.2) is 52.5 Å². The maximum atomic E-state index is 14.5. The van der Waals surface area contributed by atoms with Gasteiger partial charge in [-0.2, -0.15) is 0 Å². The Morgan fingerprint density at radius 3 is 2.56 bits per heavy atom. The molecule has 7 rings (SSSR count). The molecule has 230 valence electrons. The molecule has 4 fully saturated rings. The Hall–Kier alpha value is -3.26. The molecular formula is C35H47FN6O. The standard InChI is InChI=1S/C35H47FN6O/c1-20-8-9-25(30(36)12-20)13-23(4)42-19-37-32-16-27(10-11-28(32)33(42)43)39-34(41-17-21(2)38-22(3)18-41)40-31-15-26-14-29(24(31)5)35(26,6)7/h8-12,16,19,21-24,26,29,31,38H,13-15,17-18H2,1-7H3,(H,39,40)/t21-,22-,23+,24-,26+,29-,31?/m0/s1. The van der Waals surface area contributed by atoms with Gasteiger partial charge in [0.15, 0.2) is 5.96 Å². The Morgan fingerprint density at radius 2 is 1.88 bits per heavy atom. The number of aliphatic imine (C=N–C) groups is 1. The van der Waals surface area contributed by atoms with Crippen LogP contribution in [-0.2, 0) is 6.42 Å². The van der Waals surface area contributed by atoms with Crippen LogP contribution in [0.25, 0.3) is 10.9 Å². The fourth-order valence-electron chi connectivity index (χ4n) is 8.03. The molecule has 7 atom stereocenters. The van der Waals surface area contributed by atoms with E-state index in [1.54, 1.807) is 17.0 Å². The number of fused-ring (bicyclic) bond motifs is 3. The Bertz CT molecular complexity index is 1590. The first-order chi connectivity index (χ1) is 20.4. The molecule has 7 nitrogen and oxygen atoms in total. The molecule has 43 heavy (non-hydrogen) atoms. The fraction of sp³-hybridized carbons (Fsp3) is 0.571. The SMILES string of the molecule is Cc1ccc(C[C@@H](C)n2cnc3cc(N/C(=N/C4C[C@H]5C[C@@H]([C@@H]4C)C5(C)C)N4C[C@H](C)N[C@@H](C)C4)ccc3c2=O)c(F)c1. The van der Waals surface area contributed by atoms with Crippen LogP contribution >= 0.6 is 0 Å². The van der Waals surface area contributed by atoms with Crippen molar-refractivity contribution in [2.24, 2.45) is 28.2 Å². The number of nitrogens with zero attached hydrogens (tertiary/aromatic N) is 4. The first-order valence-electron chi connectivity index (χ1n) is 16.0. The van der Waals surface area contributed by atoms with Crippen molar-refractivity contribution >= 4 is 22.5 Å². The van der Waals surface area contributed by atoms with Crippen molar-refractivity contribution in [3.05, 3.63) is 70.0 Å². The van der Waals surface area contributed by atoms with E-state index in [1.807, 2.05) is 38.1 Å². The van der Waals surface area contributed by atoms with Gasteiger partial charge in [-0.1, -0.05) is 32.9 Å². The molecule has 1 saturated heterocycles. The van der Waals surface area contributed by atoms with Crippen molar-refractivity contribution in [1.29, 1.82) is 0 Å². The molecule has 3 aliphatic carbocycles. The van der Waals surface area contributed by atoms with Gasteiger partial charge in [0.25, 0.3) is 5.56 Å². The van der Waals surface area contributed by atoms with Gasteiger partial charge in [-0.05, 0) is 106 Å². The second-order valence-corrected chi connectivity index (χ2v) is 14.3. The maximum Gasteiger partial charge on any atom is 0.261 e. The van der Waals surface area contributed by atoms with E-state index in [9.17, 15) is 9.18 Å². The van der Waals surface area contributed by atoms with E-state index < -0.39 is 0 Å². The number of nitrogens with one attached hydrogen (secondary N) is 2. The molecule has 1 aliphatic heterocycles. The van der Waals surface area contributed by atoms with E-state index >= 15 is 0 Å². The van der Waals surface area contributed by atoms with Crippen LogP contribution in [0.4, 0.5) is 10.1 Å². The van der Waals surface area contributed by atoms with Crippen LogP contribution in [-0.4, -0.2) is 51.6 Å². The minimum Gasteiger partial charge on any atom is -0.340 e. The van der Waals surface area contributed by atoms with Crippen molar-refractivity contribution in [1.82, 2.24) is 19.8 Å². The number of piperazine rings is 1. The summed E-state index contributed by atoms with van der Waals surface area (Å²) >= 11 is 0. The van der Waals surface area contributed by atoms with E-state index in [0.29, 0.717) is 52.3 Å². The number of guanidine groups is 1. The van der Waals surface area contributed by atoms with Gasteiger partial charge in [-0.3, -0.25) is 9.36 Å². The molecule has 3 saturated carbocycles. The number of aryl methyl sites for hydroxylation is 1. The highest BCUT2D eigenvalue weighted by molar-refractivity contribution is 5.96. The number of aromatic nitrogens is 2.